The molecular weight excluding hydrogens is 232 g/mol. The molecule has 1 aliphatic rings. The average Bonchev–Trinajstić information content (AvgIpc) is 2.31. The monoisotopic (exact) mass is 252 g/mol. The summed E-state index contributed by atoms with van der Waals surface area (Å²) >= 11 is 5.97. The molecule has 1 nitrogen and oxygen atoms in total. The van der Waals surface area contributed by atoms with Crippen molar-refractivity contribution in [2.45, 2.75) is 51.5 Å². The summed E-state index contributed by atoms with van der Waals surface area (Å²) in [6, 6.07) is 6.28. The summed E-state index contributed by atoms with van der Waals surface area (Å²) in [4.78, 5) is 0. The van der Waals surface area contributed by atoms with Crippen LogP contribution in [0.4, 0.5) is 0 Å². The molecule has 0 N–H and O–H groups in total. The van der Waals surface area contributed by atoms with Crippen molar-refractivity contribution in [2.24, 2.45) is 5.92 Å². The molecule has 17 heavy (non-hydrogen) atoms. The van der Waals surface area contributed by atoms with Crippen LogP contribution in [0.3, 0.4) is 0 Å². The third-order valence-corrected chi connectivity index (χ3v) is 3.83. The van der Waals surface area contributed by atoms with Crippen molar-refractivity contribution in [3.8, 4) is 5.75 Å². The van der Waals surface area contributed by atoms with Gasteiger partial charge in [-0.05, 0) is 38.2 Å². The molecule has 1 saturated carbocycles. The zero-order valence-corrected chi connectivity index (χ0v) is 11.5. The Morgan fingerprint density at radius 1 is 1.35 bits per heavy atom. The van der Waals surface area contributed by atoms with Crippen molar-refractivity contribution in [3.05, 3.63) is 29.3 Å². The highest BCUT2D eigenvalue weighted by Crippen LogP contribution is 2.30. The van der Waals surface area contributed by atoms with Crippen LogP contribution in [0.5, 0.6) is 5.75 Å². The van der Waals surface area contributed by atoms with Gasteiger partial charge in [0.1, 0.15) is 5.75 Å². The maximum Gasteiger partial charge on any atom is 0.124 e. The van der Waals surface area contributed by atoms with Crippen LogP contribution < -0.4 is 4.74 Å². The number of rotatable bonds is 3. The minimum atomic E-state index is 0.378. The molecule has 2 unspecified atom stereocenters. The highest BCUT2D eigenvalue weighted by atomic mass is 35.5. The molecule has 0 heterocycles. The van der Waals surface area contributed by atoms with E-state index in [4.69, 9.17) is 16.3 Å². The third-order valence-electron chi connectivity index (χ3n) is 3.54. The molecule has 94 valence electrons. The first-order valence-corrected chi connectivity index (χ1v) is 7.04. The van der Waals surface area contributed by atoms with Crippen LogP contribution in [0, 0.1) is 12.8 Å². The van der Waals surface area contributed by atoms with Crippen LogP contribution in [0.1, 0.15) is 43.7 Å². The number of ether oxygens (including phenoxy) is 1. The van der Waals surface area contributed by atoms with E-state index in [0.29, 0.717) is 12.0 Å². The van der Waals surface area contributed by atoms with Gasteiger partial charge in [0.05, 0.1) is 12.0 Å². The van der Waals surface area contributed by atoms with Gasteiger partial charge in [-0.2, -0.15) is 0 Å². The maximum absolute atomic E-state index is 6.12. The first-order chi connectivity index (χ1) is 8.19. The smallest absolute Gasteiger partial charge is 0.124 e. The fourth-order valence-electron chi connectivity index (χ4n) is 2.59. The van der Waals surface area contributed by atoms with E-state index in [1.54, 1.807) is 0 Å². The molecule has 0 radical (unpaired) electrons. The minimum Gasteiger partial charge on any atom is -0.490 e. The molecule has 1 fully saturated rings. The molecule has 1 aromatic carbocycles. The van der Waals surface area contributed by atoms with E-state index in [2.05, 4.69) is 32.0 Å². The van der Waals surface area contributed by atoms with E-state index in [1.807, 2.05) is 0 Å². The van der Waals surface area contributed by atoms with Crippen molar-refractivity contribution >= 4 is 11.6 Å². The highest BCUT2D eigenvalue weighted by molar-refractivity contribution is 6.17. The van der Waals surface area contributed by atoms with Gasteiger partial charge in [0.2, 0.25) is 0 Å². The first-order valence-electron chi connectivity index (χ1n) is 6.51. The molecule has 2 rings (SSSR count). The second-order valence-electron chi connectivity index (χ2n) is 5.26. The Bertz CT molecular complexity index is 375. The van der Waals surface area contributed by atoms with E-state index in [9.17, 15) is 0 Å². The van der Waals surface area contributed by atoms with Crippen molar-refractivity contribution in [1.82, 2.24) is 0 Å². The van der Waals surface area contributed by atoms with Crippen molar-refractivity contribution in [1.29, 1.82) is 0 Å². The second-order valence-corrected chi connectivity index (χ2v) is 5.52. The lowest BCUT2D eigenvalue weighted by Crippen LogP contribution is -2.24. The maximum atomic E-state index is 6.12. The van der Waals surface area contributed by atoms with E-state index in [1.165, 1.54) is 31.2 Å². The Balaban J connectivity index is 2.07. The molecule has 0 bridgehead atoms. The van der Waals surface area contributed by atoms with Gasteiger partial charge in [-0.25, -0.2) is 0 Å². The lowest BCUT2D eigenvalue weighted by atomic mass is 9.88. The summed E-state index contributed by atoms with van der Waals surface area (Å²) in [5, 5.41) is 0. The van der Waals surface area contributed by atoms with E-state index >= 15 is 0 Å². The zero-order valence-electron chi connectivity index (χ0n) is 10.7. The molecule has 1 aliphatic carbocycles. The average molecular weight is 253 g/mol. The molecule has 1 aromatic rings. The van der Waals surface area contributed by atoms with Gasteiger partial charge >= 0.3 is 0 Å². The molecule has 0 amide bonds. The van der Waals surface area contributed by atoms with Crippen LogP contribution in [0.2, 0.25) is 0 Å². The van der Waals surface area contributed by atoms with Crippen LogP contribution in [-0.4, -0.2) is 6.10 Å². The van der Waals surface area contributed by atoms with Gasteiger partial charge in [-0.1, -0.05) is 31.0 Å². The Morgan fingerprint density at radius 3 is 2.88 bits per heavy atom. The quantitative estimate of drug-likeness (QED) is 0.709. The normalized spacial score (nSPS) is 24.6. The Kier molecular flexibility index (Phi) is 4.33. The summed E-state index contributed by atoms with van der Waals surface area (Å²) < 4.78 is 6.12. The summed E-state index contributed by atoms with van der Waals surface area (Å²) in [7, 11) is 0. The van der Waals surface area contributed by atoms with Gasteiger partial charge in [0, 0.05) is 5.56 Å². The summed E-state index contributed by atoms with van der Waals surface area (Å²) in [6.45, 7) is 4.40. The van der Waals surface area contributed by atoms with Crippen LogP contribution in [0.15, 0.2) is 18.2 Å². The molecular formula is C15H21ClO. The van der Waals surface area contributed by atoms with Crippen molar-refractivity contribution in [3.63, 3.8) is 0 Å². The second kappa shape index (κ2) is 5.77. The summed E-state index contributed by atoms with van der Waals surface area (Å²) in [5.74, 6) is 2.29. The molecule has 2 atom stereocenters. The van der Waals surface area contributed by atoms with Gasteiger partial charge in [-0.3, -0.25) is 0 Å². The van der Waals surface area contributed by atoms with Gasteiger partial charge in [0.25, 0.3) is 0 Å². The van der Waals surface area contributed by atoms with E-state index in [-0.39, 0.29) is 0 Å². The van der Waals surface area contributed by atoms with Crippen molar-refractivity contribution < 1.29 is 4.74 Å². The lowest BCUT2D eigenvalue weighted by molar-refractivity contribution is 0.128. The lowest BCUT2D eigenvalue weighted by Gasteiger charge is -2.28. The minimum absolute atomic E-state index is 0.378. The molecule has 0 spiro atoms. The largest absolute Gasteiger partial charge is 0.490 e. The zero-order chi connectivity index (χ0) is 12.3. The van der Waals surface area contributed by atoms with Gasteiger partial charge < -0.3 is 4.74 Å². The molecule has 0 saturated heterocycles. The van der Waals surface area contributed by atoms with Crippen LogP contribution >= 0.6 is 11.6 Å². The molecule has 0 aromatic heterocycles. The standard InChI is InChI=1S/C15H21ClO/c1-11-4-3-5-14(9-11)17-15-7-6-12(2)8-13(15)10-16/h6-8,11,14H,3-5,9-10H2,1-2H3. The van der Waals surface area contributed by atoms with Crippen LogP contribution in [0.25, 0.3) is 0 Å². The van der Waals surface area contributed by atoms with Gasteiger partial charge in [-0.15, -0.1) is 11.6 Å². The topological polar surface area (TPSA) is 9.23 Å². The van der Waals surface area contributed by atoms with Crippen LogP contribution in [-0.2, 0) is 5.88 Å². The Labute approximate surface area is 109 Å². The highest BCUT2D eigenvalue weighted by Gasteiger charge is 2.20. The fourth-order valence-corrected chi connectivity index (χ4v) is 2.80. The number of alkyl halides is 1. The Morgan fingerprint density at radius 2 is 2.18 bits per heavy atom. The molecule has 0 aliphatic heterocycles. The predicted octanol–water partition coefficient (Wildman–Crippen LogP) is 4.69. The fraction of sp³-hybridized carbons (Fsp3) is 0.600. The number of benzene rings is 1. The van der Waals surface area contributed by atoms with Crippen molar-refractivity contribution in [2.75, 3.05) is 0 Å². The van der Waals surface area contributed by atoms with E-state index < -0.39 is 0 Å². The molecule has 2 heteroatoms. The SMILES string of the molecule is Cc1ccc(OC2CCCC(C)C2)c(CCl)c1. The predicted molar refractivity (Wildman–Crippen MR) is 72.8 cm³/mol. The number of aryl methyl sites for hydroxylation is 1. The van der Waals surface area contributed by atoms with E-state index in [0.717, 1.165) is 17.2 Å². The number of hydrogen-bond donors (Lipinski definition) is 0. The third kappa shape index (κ3) is 3.38. The number of hydrogen-bond acceptors (Lipinski definition) is 1. The number of halogens is 1. The summed E-state index contributed by atoms with van der Waals surface area (Å²) in [6.07, 6.45) is 5.36. The first kappa shape index (κ1) is 12.8. The van der Waals surface area contributed by atoms with Gasteiger partial charge in [0.15, 0.2) is 0 Å². The summed E-state index contributed by atoms with van der Waals surface area (Å²) in [5.41, 5.74) is 2.36. The Hall–Kier alpha value is -0.690.